The Hall–Kier alpha value is -1.13. The Balaban J connectivity index is 2.28. The van der Waals surface area contributed by atoms with Gasteiger partial charge in [-0.15, -0.1) is 0 Å². The van der Waals surface area contributed by atoms with Gasteiger partial charge in [-0.1, -0.05) is 6.07 Å². The summed E-state index contributed by atoms with van der Waals surface area (Å²) in [7, 11) is 2.11. The van der Waals surface area contributed by atoms with E-state index < -0.39 is 0 Å². The quantitative estimate of drug-likeness (QED) is 0.848. The van der Waals surface area contributed by atoms with Gasteiger partial charge in [0.05, 0.1) is 0 Å². The molecule has 0 aromatic heterocycles. The molecule has 1 saturated heterocycles. The molecule has 0 aliphatic carbocycles. The second-order valence-electron chi connectivity index (χ2n) is 4.75. The molecule has 4 heteroatoms. The Morgan fingerprint density at radius 2 is 1.88 bits per heavy atom. The molecule has 1 aromatic rings. The number of hydrogen-bond acceptors (Lipinski definition) is 3. The highest BCUT2D eigenvalue weighted by Gasteiger charge is 2.20. The van der Waals surface area contributed by atoms with Crippen molar-refractivity contribution in [2.24, 2.45) is 5.73 Å². The molecule has 2 rings (SSSR count). The Morgan fingerprint density at radius 3 is 2.47 bits per heavy atom. The number of benzene rings is 1. The molecular weight excluding hydrogens is 217 g/mol. The fourth-order valence-electron chi connectivity index (χ4n) is 2.30. The minimum absolute atomic E-state index is 0.198. The molecule has 0 radical (unpaired) electrons. The first-order valence-corrected chi connectivity index (χ1v) is 6.07. The average Bonchev–Trinajstić information content (AvgIpc) is 2.29. The van der Waals surface area contributed by atoms with E-state index in [2.05, 4.69) is 16.8 Å². The Morgan fingerprint density at radius 1 is 1.24 bits per heavy atom. The summed E-state index contributed by atoms with van der Waals surface area (Å²) in [4.78, 5) is 4.50. The van der Waals surface area contributed by atoms with E-state index >= 15 is 0 Å². The fraction of sp³-hybridized carbons (Fsp3) is 0.538. The zero-order valence-corrected chi connectivity index (χ0v) is 10.5. The number of nitrogens with zero attached hydrogens (tertiary/aromatic N) is 2. The van der Waals surface area contributed by atoms with Crippen LogP contribution in [-0.4, -0.2) is 38.1 Å². The Bertz CT molecular complexity index is 384. The van der Waals surface area contributed by atoms with Crippen LogP contribution in [0, 0.1) is 5.82 Å². The van der Waals surface area contributed by atoms with Crippen LogP contribution in [0.1, 0.15) is 18.5 Å². The van der Waals surface area contributed by atoms with Gasteiger partial charge in [-0.2, -0.15) is 0 Å². The third-order valence-electron chi connectivity index (χ3n) is 3.33. The van der Waals surface area contributed by atoms with Crippen LogP contribution < -0.4 is 10.6 Å². The SMILES string of the molecule is C[C@H](N)c1c(F)cccc1N1CCN(C)CC1. The summed E-state index contributed by atoms with van der Waals surface area (Å²) in [6.07, 6.45) is 0. The van der Waals surface area contributed by atoms with Crippen molar-refractivity contribution in [1.82, 2.24) is 4.90 Å². The van der Waals surface area contributed by atoms with Crippen LogP contribution in [-0.2, 0) is 0 Å². The van der Waals surface area contributed by atoms with E-state index in [1.54, 1.807) is 6.07 Å². The molecule has 1 heterocycles. The first-order valence-electron chi connectivity index (χ1n) is 6.07. The lowest BCUT2D eigenvalue weighted by Crippen LogP contribution is -2.45. The summed E-state index contributed by atoms with van der Waals surface area (Å²) in [6, 6.07) is 4.94. The van der Waals surface area contributed by atoms with Crippen LogP contribution >= 0.6 is 0 Å². The Labute approximate surface area is 102 Å². The van der Waals surface area contributed by atoms with Gasteiger partial charge < -0.3 is 15.5 Å². The lowest BCUT2D eigenvalue weighted by Gasteiger charge is -2.35. The molecule has 1 fully saturated rings. The highest BCUT2D eigenvalue weighted by Crippen LogP contribution is 2.28. The molecule has 0 bridgehead atoms. The highest BCUT2D eigenvalue weighted by molar-refractivity contribution is 5.55. The van der Waals surface area contributed by atoms with Crippen molar-refractivity contribution in [3.8, 4) is 0 Å². The van der Waals surface area contributed by atoms with Crippen LogP contribution in [0.2, 0.25) is 0 Å². The second kappa shape index (κ2) is 5.02. The molecule has 17 heavy (non-hydrogen) atoms. The predicted molar refractivity (Wildman–Crippen MR) is 68.7 cm³/mol. The number of halogens is 1. The molecule has 3 nitrogen and oxygen atoms in total. The van der Waals surface area contributed by atoms with Crippen molar-refractivity contribution >= 4 is 5.69 Å². The van der Waals surface area contributed by atoms with Crippen molar-refractivity contribution in [1.29, 1.82) is 0 Å². The molecule has 1 aromatic carbocycles. The monoisotopic (exact) mass is 237 g/mol. The lowest BCUT2D eigenvalue weighted by atomic mass is 10.0. The first kappa shape index (κ1) is 12.3. The van der Waals surface area contributed by atoms with Gasteiger partial charge in [0.1, 0.15) is 5.82 Å². The summed E-state index contributed by atoms with van der Waals surface area (Å²) in [5.41, 5.74) is 7.46. The summed E-state index contributed by atoms with van der Waals surface area (Å²) in [5, 5.41) is 0. The number of hydrogen-bond donors (Lipinski definition) is 1. The second-order valence-corrected chi connectivity index (χ2v) is 4.75. The maximum atomic E-state index is 13.8. The maximum absolute atomic E-state index is 13.8. The molecule has 0 amide bonds. The minimum Gasteiger partial charge on any atom is -0.369 e. The lowest BCUT2D eigenvalue weighted by molar-refractivity contribution is 0.312. The van der Waals surface area contributed by atoms with E-state index in [1.165, 1.54) is 6.07 Å². The van der Waals surface area contributed by atoms with Gasteiger partial charge in [-0.05, 0) is 26.1 Å². The number of rotatable bonds is 2. The van der Waals surface area contributed by atoms with E-state index in [-0.39, 0.29) is 11.9 Å². The number of piperazine rings is 1. The van der Waals surface area contributed by atoms with Crippen molar-refractivity contribution < 1.29 is 4.39 Å². The minimum atomic E-state index is -0.272. The van der Waals surface area contributed by atoms with Crippen molar-refractivity contribution in [2.45, 2.75) is 13.0 Å². The number of anilines is 1. The van der Waals surface area contributed by atoms with Crippen molar-refractivity contribution in [2.75, 3.05) is 38.1 Å². The van der Waals surface area contributed by atoms with E-state index in [1.807, 2.05) is 13.0 Å². The van der Waals surface area contributed by atoms with Gasteiger partial charge in [-0.25, -0.2) is 4.39 Å². The van der Waals surface area contributed by atoms with E-state index in [0.29, 0.717) is 5.56 Å². The molecule has 2 N–H and O–H groups in total. The van der Waals surface area contributed by atoms with Gasteiger partial charge in [0.25, 0.3) is 0 Å². The molecule has 1 aliphatic rings. The number of likely N-dealkylation sites (N-methyl/N-ethyl adjacent to an activating group) is 1. The molecular formula is C13H20FN3. The zero-order valence-electron chi connectivity index (χ0n) is 10.5. The standard InChI is InChI=1S/C13H20FN3/c1-10(15)13-11(14)4-3-5-12(13)17-8-6-16(2)7-9-17/h3-5,10H,6-9,15H2,1-2H3/t10-/m0/s1. The van der Waals surface area contributed by atoms with Gasteiger partial charge in [-0.3, -0.25) is 0 Å². The zero-order chi connectivity index (χ0) is 12.4. The topological polar surface area (TPSA) is 32.5 Å². The van der Waals surface area contributed by atoms with Crippen LogP contribution in [0.4, 0.5) is 10.1 Å². The Kier molecular flexibility index (Phi) is 3.64. The summed E-state index contributed by atoms with van der Waals surface area (Å²) >= 11 is 0. The largest absolute Gasteiger partial charge is 0.369 e. The first-order chi connectivity index (χ1) is 8.09. The van der Waals surface area contributed by atoms with E-state index in [4.69, 9.17) is 5.73 Å². The van der Waals surface area contributed by atoms with Gasteiger partial charge >= 0.3 is 0 Å². The van der Waals surface area contributed by atoms with E-state index in [9.17, 15) is 4.39 Å². The molecule has 0 unspecified atom stereocenters. The molecule has 0 saturated carbocycles. The van der Waals surface area contributed by atoms with E-state index in [0.717, 1.165) is 31.9 Å². The summed E-state index contributed by atoms with van der Waals surface area (Å²) in [5.74, 6) is -0.198. The molecule has 94 valence electrons. The van der Waals surface area contributed by atoms with Crippen LogP contribution in [0.5, 0.6) is 0 Å². The summed E-state index contributed by atoms with van der Waals surface area (Å²) < 4.78 is 13.8. The highest BCUT2D eigenvalue weighted by atomic mass is 19.1. The molecule has 1 aliphatic heterocycles. The number of nitrogens with two attached hydrogens (primary N) is 1. The van der Waals surface area contributed by atoms with Crippen molar-refractivity contribution in [3.63, 3.8) is 0 Å². The van der Waals surface area contributed by atoms with Crippen LogP contribution in [0.25, 0.3) is 0 Å². The molecule has 0 spiro atoms. The predicted octanol–water partition coefficient (Wildman–Crippen LogP) is 1.60. The van der Waals surface area contributed by atoms with Gasteiger partial charge in [0.15, 0.2) is 0 Å². The smallest absolute Gasteiger partial charge is 0.130 e. The van der Waals surface area contributed by atoms with Gasteiger partial charge in [0.2, 0.25) is 0 Å². The van der Waals surface area contributed by atoms with Crippen LogP contribution in [0.15, 0.2) is 18.2 Å². The third kappa shape index (κ3) is 2.58. The fourth-order valence-corrected chi connectivity index (χ4v) is 2.30. The average molecular weight is 237 g/mol. The third-order valence-corrected chi connectivity index (χ3v) is 3.33. The summed E-state index contributed by atoms with van der Waals surface area (Å²) in [6.45, 7) is 5.71. The van der Waals surface area contributed by atoms with Crippen LogP contribution in [0.3, 0.4) is 0 Å². The normalized spacial score (nSPS) is 19.4. The maximum Gasteiger partial charge on any atom is 0.130 e. The molecule has 1 atom stereocenters. The van der Waals surface area contributed by atoms with Gasteiger partial charge in [0, 0.05) is 43.5 Å². The van der Waals surface area contributed by atoms with Crippen molar-refractivity contribution in [3.05, 3.63) is 29.6 Å².